The summed E-state index contributed by atoms with van der Waals surface area (Å²) < 4.78 is 61.7. The topological polar surface area (TPSA) is 0 Å². The van der Waals surface area contributed by atoms with Gasteiger partial charge in [0.05, 0.1) is 6.42 Å². The second kappa shape index (κ2) is 5.19. The number of alkyl halides is 6. The Balaban J connectivity index is 2.28. The highest BCUT2D eigenvalue weighted by molar-refractivity contribution is 9.09. The molecule has 1 fully saturated rings. The number of halogens is 6. The lowest BCUT2D eigenvalue weighted by atomic mass is 9.84. The molecule has 0 amide bonds. The summed E-state index contributed by atoms with van der Waals surface area (Å²) in [6, 6.07) is 0. The molecule has 1 unspecified atom stereocenters. The minimum Gasteiger partial charge on any atom is -0.207 e. The predicted octanol–water partition coefficient (Wildman–Crippen LogP) is 4.92. The van der Waals surface area contributed by atoms with Gasteiger partial charge in [-0.15, -0.1) is 0 Å². The maximum Gasteiger partial charge on any atom is 0.390 e. The maximum absolute atomic E-state index is 12.8. The average molecular weight is 309 g/mol. The molecule has 0 aromatic rings. The summed E-state index contributed by atoms with van der Waals surface area (Å²) in [7, 11) is 0. The first kappa shape index (κ1) is 14.2. The molecule has 0 N–H and O–H groups in total. The Bertz CT molecular complexity index is 216. The minimum absolute atomic E-state index is 0.00801. The summed E-state index contributed by atoms with van der Waals surface area (Å²) in [6.45, 7) is 0. The Hall–Kier alpha value is 0.130. The molecule has 1 aliphatic rings. The number of hydrogen-bond acceptors (Lipinski definition) is 0. The SMILES string of the molecule is FC(F)(F)CC(Br)CC1CCC(F)(F)CC1. The molecule has 6 heteroatoms. The fraction of sp³-hybridized carbons (Fsp3) is 1.00. The van der Waals surface area contributed by atoms with Crippen molar-refractivity contribution in [3.05, 3.63) is 0 Å². The van der Waals surface area contributed by atoms with Gasteiger partial charge >= 0.3 is 6.18 Å². The van der Waals surface area contributed by atoms with Crippen LogP contribution in [0, 0.1) is 5.92 Å². The monoisotopic (exact) mass is 308 g/mol. The molecular formula is C10H14BrF5. The summed E-state index contributed by atoms with van der Waals surface area (Å²) in [6.07, 6.45) is -4.48. The molecule has 0 radical (unpaired) electrons. The highest BCUT2D eigenvalue weighted by Crippen LogP contribution is 2.39. The Morgan fingerprint density at radius 1 is 1.19 bits per heavy atom. The van der Waals surface area contributed by atoms with Gasteiger partial charge in [0.15, 0.2) is 0 Å². The van der Waals surface area contributed by atoms with E-state index in [1.54, 1.807) is 0 Å². The van der Waals surface area contributed by atoms with Gasteiger partial charge in [-0.05, 0) is 25.2 Å². The van der Waals surface area contributed by atoms with Crippen LogP contribution in [-0.4, -0.2) is 16.9 Å². The summed E-state index contributed by atoms with van der Waals surface area (Å²) in [5.74, 6) is -2.62. The summed E-state index contributed by atoms with van der Waals surface area (Å²) >= 11 is 2.97. The van der Waals surface area contributed by atoms with Crippen LogP contribution in [0.5, 0.6) is 0 Å². The zero-order chi connectivity index (χ0) is 12.4. The molecule has 96 valence electrons. The van der Waals surface area contributed by atoms with E-state index in [4.69, 9.17) is 0 Å². The lowest BCUT2D eigenvalue weighted by molar-refractivity contribution is -0.135. The minimum atomic E-state index is -4.19. The second-order valence-electron chi connectivity index (χ2n) is 4.45. The van der Waals surface area contributed by atoms with Crippen LogP contribution in [0.15, 0.2) is 0 Å². The van der Waals surface area contributed by atoms with Gasteiger partial charge in [-0.25, -0.2) is 8.78 Å². The van der Waals surface area contributed by atoms with E-state index >= 15 is 0 Å². The zero-order valence-electron chi connectivity index (χ0n) is 8.67. The lowest BCUT2D eigenvalue weighted by Gasteiger charge is -2.29. The highest BCUT2D eigenvalue weighted by Gasteiger charge is 2.37. The van der Waals surface area contributed by atoms with Crippen molar-refractivity contribution in [2.45, 2.75) is 55.5 Å². The van der Waals surface area contributed by atoms with Gasteiger partial charge in [-0.1, -0.05) is 15.9 Å². The van der Waals surface area contributed by atoms with Crippen molar-refractivity contribution in [3.63, 3.8) is 0 Å². The third kappa shape index (κ3) is 5.46. The van der Waals surface area contributed by atoms with Crippen LogP contribution in [0.2, 0.25) is 0 Å². The van der Waals surface area contributed by atoms with E-state index in [1.165, 1.54) is 0 Å². The van der Waals surface area contributed by atoms with Crippen molar-refractivity contribution in [1.82, 2.24) is 0 Å². The van der Waals surface area contributed by atoms with E-state index in [0.717, 1.165) is 0 Å². The first-order chi connectivity index (χ1) is 7.18. The molecule has 0 aromatic carbocycles. The van der Waals surface area contributed by atoms with Crippen LogP contribution in [0.25, 0.3) is 0 Å². The number of rotatable bonds is 3. The first-order valence-electron chi connectivity index (χ1n) is 5.27. The number of hydrogen-bond donors (Lipinski definition) is 0. The molecule has 0 saturated heterocycles. The Morgan fingerprint density at radius 3 is 2.12 bits per heavy atom. The molecule has 16 heavy (non-hydrogen) atoms. The van der Waals surface area contributed by atoms with Crippen molar-refractivity contribution in [3.8, 4) is 0 Å². The smallest absolute Gasteiger partial charge is 0.207 e. The van der Waals surface area contributed by atoms with Gasteiger partial charge in [-0.2, -0.15) is 13.2 Å². The van der Waals surface area contributed by atoms with Crippen molar-refractivity contribution in [2.24, 2.45) is 5.92 Å². The molecule has 1 aliphatic carbocycles. The highest BCUT2D eigenvalue weighted by atomic mass is 79.9. The van der Waals surface area contributed by atoms with Crippen molar-refractivity contribution < 1.29 is 22.0 Å². The molecule has 0 heterocycles. The van der Waals surface area contributed by atoms with Crippen LogP contribution in [0.3, 0.4) is 0 Å². The largest absolute Gasteiger partial charge is 0.390 e. The average Bonchev–Trinajstić information content (AvgIpc) is 2.05. The quantitative estimate of drug-likeness (QED) is 0.513. The van der Waals surface area contributed by atoms with E-state index < -0.39 is 23.3 Å². The molecule has 0 spiro atoms. The third-order valence-electron chi connectivity index (χ3n) is 2.88. The van der Waals surface area contributed by atoms with Gasteiger partial charge < -0.3 is 0 Å². The standard InChI is InChI=1S/C10H14BrF5/c11-8(6-10(14,15)16)5-7-1-3-9(12,13)4-2-7/h7-8H,1-6H2. The van der Waals surface area contributed by atoms with E-state index in [2.05, 4.69) is 15.9 Å². The van der Waals surface area contributed by atoms with Crippen LogP contribution in [-0.2, 0) is 0 Å². The molecule has 1 saturated carbocycles. The predicted molar refractivity (Wildman–Crippen MR) is 54.9 cm³/mol. The Kier molecular flexibility index (Phi) is 4.60. The van der Waals surface area contributed by atoms with Crippen LogP contribution in [0.1, 0.15) is 38.5 Å². The maximum atomic E-state index is 12.8. The van der Waals surface area contributed by atoms with Crippen LogP contribution >= 0.6 is 15.9 Å². The summed E-state index contributed by atoms with van der Waals surface area (Å²) in [4.78, 5) is -0.649. The Morgan fingerprint density at radius 2 is 1.69 bits per heavy atom. The van der Waals surface area contributed by atoms with Crippen molar-refractivity contribution in [1.29, 1.82) is 0 Å². The molecule has 0 aromatic heterocycles. The summed E-state index contributed by atoms with van der Waals surface area (Å²) in [5.41, 5.74) is 0. The Labute approximate surface area is 99.7 Å². The fourth-order valence-corrected chi connectivity index (χ4v) is 2.93. The lowest BCUT2D eigenvalue weighted by Crippen LogP contribution is -2.26. The molecule has 1 atom stereocenters. The normalized spacial score (nSPS) is 24.4. The van der Waals surface area contributed by atoms with Crippen molar-refractivity contribution >= 4 is 15.9 Å². The van der Waals surface area contributed by atoms with Gasteiger partial charge in [0.25, 0.3) is 0 Å². The van der Waals surface area contributed by atoms with E-state index in [0.29, 0.717) is 19.3 Å². The molecule has 1 rings (SSSR count). The summed E-state index contributed by atoms with van der Waals surface area (Å²) in [5, 5.41) is 0. The zero-order valence-corrected chi connectivity index (χ0v) is 10.3. The van der Waals surface area contributed by atoms with E-state index in [1.807, 2.05) is 0 Å². The van der Waals surface area contributed by atoms with Gasteiger partial charge in [0.1, 0.15) is 0 Å². The second-order valence-corrected chi connectivity index (χ2v) is 5.75. The van der Waals surface area contributed by atoms with Gasteiger partial charge in [0, 0.05) is 17.7 Å². The van der Waals surface area contributed by atoms with Crippen LogP contribution in [0.4, 0.5) is 22.0 Å². The molecule has 0 nitrogen and oxygen atoms in total. The molecule has 0 bridgehead atoms. The third-order valence-corrected chi connectivity index (χ3v) is 3.58. The first-order valence-corrected chi connectivity index (χ1v) is 6.18. The van der Waals surface area contributed by atoms with E-state index in [-0.39, 0.29) is 18.8 Å². The van der Waals surface area contributed by atoms with Crippen LogP contribution < -0.4 is 0 Å². The fourth-order valence-electron chi connectivity index (χ4n) is 2.03. The molecular weight excluding hydrogens is 295 g/mol. The van der Waals surface area contributed by atoms with Gasteiger partial charge in [0.2, 0.25) is 5.92 Å². The van der Waals surface area contributed by atoms with Gasteiger partial charge in [-0.3, -0.25) is 0 Å². The van der Waals surface area contributed by atoms with Crippen molar-refractivity contribution in [2.75, 3.05) is 0 Å². The van der Waals surface area contributed by atoms with E-state index in [9.17, 15) is 22.0 Å². The molecule has 0 aliphatic heterocycles.